The van der Waals surface area contributed by atoms with Gasteiger partial charge < -0.3 is 20.4 Å². The first-order valence-corrected chi connectivity index (χ1v) is 9.32. The van der Waals surface area contributed by atoms with E-state index in [2.05, 4.69) is 20.6 Å². The fourth-order valence-corrected chi connectivity index (χ4v) is 3.30. The second-order valence-corrected chi connectivity index (χ2v) is 7.22. The molecule has 28 heavy (non-hydrogen) atoms. The number of H-pyrrole nitrogens is 1. The Bertz CT molecular complexity index is 994. The second-order valence-electron chi connectivity index (χ2n) is 7.22. The molecule has 1 aliphatic heterocycles. The Morgan fingerprint density at radius 3 is 2.71 bits per heavy atom. The standard InChI is InChI=1S/C21H22N4O3/c1-12(2)19(20-22-13-7-3-4-8-14(13)23-20)25-18(26)11-17-21(27)24-15-9-5-6-10-16(15)28-17/h3-10,12,17,19H,11H2,1-2H3,(H,22,23)(H,24,27)(H,25,26)/t17-,19-/m1/s1. The third-order valence-corrected chi connectivity index (χ3v) is 4.76. The maximum Gasteiger partial charge on any atom is 0.266 e. The summed E-state index contributed by atoms with van der Waals surface area (Å²) in [5.74, 6) is 0.796. The summed E-state index contributed by atoms with van der Waals surface area (Å²) in [4.78, 5) is 32.8. The van der Waals surface area contributed by atoms with Gasteiger partial charge in [-0.3, -0.25) is 9.59 Å². The van der Waals surface area contributed by atoms with E-state index in [1.807, 2.05) is 50.2 Å². The van der Waals surface area contributed by atoms with Crippen LogP contribution in [0, 0.1) is 5.92 Å². The third kappa shape index (κ3) is 3.55. The summed E-state index contributed by atoms with van der Waals surface area (Å²) < 4.78 is 5.71. The molecule has 7 nitrogen and oxygen atoms in total. The van der Waals surface area contributed by atoms with Gasteiger partial charge in [0.2, 0.25) is 5.91 Å². The summed E-state index contributed by atoms with van der Waals surface area (Å²) >= 11 is 0. The number of para-hydroxylation sites is 4. The largest absolute Gasteiger partial charge is 0.478 e. The zero-order chi connectivity index (χ0) is 19.7. The molecular weight excluding hydrogens is 356 g/mol. The van der Waals surface area contributed by atoms with E-state index in [0.717, 1.165) is 11.0 Å². The first kappa shape index (κ1) is 18.0. The number of anilines is 1. The van der Waals surface area contributed by atoms with Gasteiger partial charge in [-0.25, -0.2) is 4.98 Å². The van der Waals surface area contributed by atoms with E-state index in [0.29, 0.717) is 17.3 Å². The van der Waals surface area contributed by atoms with Gasteiger partial charge in [-0.15, -0.1) is 0 Å². The Morgan fingerprint density at radius 1 is 1.18 bits per heavy atom. The van der Waals surface area contributed by atoms with Crippen molar-refractivity contribution in [2.45, 2.75) is 32.4 Å². The SMILES string of the molecule is CC(C)[C@@H](NC(=O)C[C@H]1Oc2ccccc2NC1=O)c1nc2ccccc2[nH]1. The van der Waals surface area contributed by atoms with Gasteiger partial charge in [0.15, 0.2) is 6.10 Å². The average molecular weight is 378 g/mol. The minimum atomic E-state index is -0.863. The molecule has 0 spiro atoms. The molecule has 0 aliphatic carbocycles. The van der Waals surface area contributed by atoms with Gasteiger partial charge in [-0.1, -0.05) is 38.1 Å². The van der Waals surface area contributed by atoms with Crippen LogP contribution in [0.3, 0.4) is 0 Å². The monoisotopic (exact) mass is 378 g/mol. The number of amides is 2. The van der Waals surface area contributed by atoms with E-state index >= 15 is 0 Å². The van der Waals surface area contributed by atoms with Crippen molar-refractivity contribution >= 4 is 28.5 Å². The first-order valence-electron chi connectivity index (χ1n) is 9.32. The average Bonchev–Trinajstić information content (AvgIpc) is 3.10. The smallest absolute Gasteiger partial charge is 0.266 e. The minimum absolute atomic E-state index is 0.0659. The van der Waals surface area contributed by atoms with Crippen LogP contribution in [0.5, 0.6) is 5.75 Å². The predicted molar refractivity (Wildman–Crippen MR) is 106 cm³/mol. The second kappa shape index (κ2) is 7.34. The van der Waals surface area contributed by atoms with Crippen LogP contribution < -0.4 is 15.4 Å². The first-order chi connectivity index (χ1) is 13.5. The molecule has 2 heterocycles. The number of fused-ring (bicyclic) bond motifs is 2. The van der Waals surface area contributed by atoms with Gasteiger partial charge in [-0.2, -0.15) is 0 Å². The molecule has 7 heteroatoms. The highest BCUT2D eigenvalue weighted by atomic mass is 16.5. The van der Waals surface area contributed by atoms with Crippen LogP contribution in [0.4, 0.5) is 5.69 Å². The highest BCUT2D eigenvalue weighted by Gasteiger charge is 2.31. The zero-order valence-corrected chi connectivity index (χ0v) is 15.7. The number of aromatic amines is 1. The maximum absolute atomic E-state index is 12.7. The zero-order valence-electron chi connectivity index (χ0n) is 15.7. The van der Waals surface area contributed by atoms with Crippen molar-refractivity contribution in [1.29, 1.82) is 0 Å². The molecule has 2 atom stereocenters. The van der Waals surface area contributed by atoms with Crippen molar-refractivity contribution in [3.05, 3.63) is 54.4 Å². The molecule has 1 aromatic heterocycles. The summed E-state index contributed by atoms with van der Waals surface area (Å²) in [6.45, 7) is 4.02. The van der Waals surface area contributed by atoms with Crippen LogP contribution in [0.25, 0.3) is 11.0 Å². The molecule has 0 radical (unpaired) electrons. The van der Waals surface area contributed by atoms with Crippen LogP contribution in [0.2, 0.25) is 0 Å². The van der Waals surface area contributed by atoms with Crippen molar-refractivity contribution < 1.29 is 14.3 Å². The number of benzene rings is 2. The van der Waals surface area contributed by atoms with Crippen molar-refractivity contribution in [1.82, 2.24) is 15.3 Å². The lowest BCUT2D eigenvalue weighted by Crippen LogP contribution is -2.42. The summed E-state index contributed by atoms with van der Waals surface area (Å²) in [5, 5.41) is 5.77. The third-order valence-electron chi connectivity index (χ3n) is 4.76. The van der Waals surface area contributed by atoms with Gasteiger partial charge >= 0.3 is 0 Å². The number of hydrogen-bond donors (Lipinski definition) is 3. The van der Waals surface area contributed by atoms with Crippen molar-refractivity contribution in [3.63, 3.8) is 0 Å². The minimum Gasteiger partial charge on any atom is -0.478 e. The highest BCUT2D eigenvalue weighted by Crippen LogP contribution is 2.30. The Hall–Kier alpha value is -3.35. The number of ether oxygens (including phenoxy) is 1. The van der Waals surface area contributed by atoms with Crippen LogP contribution in [0.15, 0.2) is 48.5 Å². The van der Waals surface area contributed by atoms with Crippen molar-refractivity contribution in [2.24, 2.45) is 5.92 Å². The Balaban J connectivity index is 1.47. The lowest BCUT2D eigenvalue weighted by atomic mass is 10.0. The van der Waals surface area contributed by atoms with Gasteiger partial charge in [0.05, 0.1) is 29.2 Å². The van der Waals surface area contributed by atoms with E-state index < -0.39 is 6.10 Å². The van der Waals surface area contributed by atoms with Gasteiger partial charge in [0.1, 0.15) is 11.6 Å². The van der Waals surface area contributed by atoms with Gasteiger partial charge in [0, 0.05) is 0 Å². The number of hydrogen-bond acceptors (Lipinski definition) is 4. The molecular formula is C21H22N4O3. The Kier molecular flexibility index (Phi) is 4.73. The van der Waals surface area contributed by atoms with E-state index in [4.69, 9.17) is 4.74 Å². The van der Waals surface area contributed by atoms with Crippen molar-refractivity contribution in [3.8, 4) is 5.75 Å². The molecule has 2 amide bonds. The Morgan fingerprint density at radius 2 is 1.93 bits per heavy atom. The van der Waals surface area contributed by atoms with E-state index in [-0.39, 0.29) is 30.2 Å². The number of imidazole rings is 1. The van der Waals surface area contributed by atoms with Gasteiger partial charge in [-0.05, 0) is 30.2 Å². The number of rotatable bonds is 5. The molecule has 0 bridgehead atoms. The lowest BCUT2D eigenvalue weighted by molar-refractivity contribution is -0.131. The summed E-state index contributed by atoms with van der Waals surface area (Å²) in [5.41, 5.74) is 2.39. The van der Waals surface area contributed by atoms with Crippen LogP contribution >= 0.6 is 0 Å². The number of aromatic nitrogens is 2. The van der Waals surface area contributed by atoms with Gasteiger partial charge in [0.25, 0.3) is 5.91 Å². The van der Waals surface area contributed by atoms with Crippen LogP contribution in [-0.4, -0.2) is 27.9 Å². The number of carbonyl (C=O) groups is 2. The maximum atomic E-state index is 12.7. The molecule has 4 rings (SSSR count). The molecule has 0 saturated heterocycles. The Labute approximate surface area is 162 Å². The fourth-order valence-electron chi connectivity index (χ4n) is 3.30. The van der Waals surface area contributed by atoms with Crippen LogP contribution in [0.1, 0.15) is 32.1 Å². The molecule has 3 N–H and O–H groups in total. The number of carbonyl (C=O) groups excluding carboxylic acids is 2. The van der Waals surface area contributed by atoms with E-state index in [1.54, 1.807) is 12.1 Å². The van der Waals surface area contributed by atoms with Crippen LogP contribution in [-0.2, 0) is 9.59 Å². The molecule has 0 unspecified atom stereocenters. The predicted octanol–water partition coefficient (Wildman–Crippen LogP) is 3.17. The highest BCUT2D eigenvalue weighted by molar-refractivity contribution is 6.00. The topological polar surface area (TPSA) is 96.1 Å². The van der Waals surface area contributed by atoms with Crippen molar-refractivity contribution in [2.75, 3.05) is 5.32 Å². The number of nitrogens with zero attached hydrogens (tertiary/aromatic N) is 1. The quantitative estimate of drug-likeness (QED) is 0.635. The molecule has 144 valence electrons. The lowest BCUT2D eigenvalue weighted by Gasteiger charge is -2.26. The molecule has 3 aromatic rings. The summed E-state index contributed by atoms with van der Waals surface area (Å²) in [6.07, 6.45) is -0.928. The number of nitrogens with one attached hydrogen (secondary N) is 3. The fraction of sp³-hybridized carbons (Fsp3) is 0.286. The normalized spacial score (nSPS) is 17.0. The molecule has 0 saturated carbocycles. The molecule has 2 aromatic carbocycles. The van der Waals surface area contributed by atoms with E-state index in [9.17, 15) is 9.59 Å². The molecule has 0 fully saturated rings. The molecule has 1 aliphatic rings. The summed E-state index contributed by atoms with van der Waals surface area (Å²) in [7, 11) is 0. The summed E-state index contributed by atoms with van der Waals surface area (Å²) in [6, 6.07) is 14.6. The van der Waals surface area contributed by atoms with E-state index in [1.165, 1.54) is 0 Å².